The molecule has 0 aromatic heterocycles. The van der Waals surface area contributed by atoms with Gasteiger partial charge in [-0.25, -0.2) is 4.79 Å². The molecule has 1 aromatic rings. The van der Waals surface area contributed by atoms with Gasteiger partial charge < -0.3 is 58.5 Å². The molecule has 0 saturated carbocycles. The van der Waals surface area contributed by atoms with Gasteiger partial charge in [-0.2, -0.15) is 0 Å². The maximum atomic E-state index is 14.2. The minimum Gasteiger partial charge on any atom is -0.508 e. The van der Waals surface area contributed by atoms with Crippen LogP contribution in [0.5, 0.6) is 5.75 Å². The van der Waals surface area contributed by atoms with Gasteiger partial charge in [-0.3, -0.25) is 33.6 Å². The minimum atomic E-state index is -1.42. The summed E-state index contributed by atoms with van der Waals surface area (Å²) < 4.78 is 0. The van der Waals surface area contributed by atoms with Gasteiger partial charge in [0.1, 0.15) is 42.0 Å². The van der Waals surface area contributed by atoms with Crippen molar-refractivity contribution in [3.8, 4) is 5.75 Å². The number of carbonyl (C=O) groups is 8. The molecule has 57 heavy (non-hydrogen) atoms. The molecule has 7 atom stereocenters. The van der Waals surface area contributed by atoms with Gasteiger partial charge in [-0.1, -0.05) is 32.4 Å². The van der Waals surface area contributed by atoms with Gasteiger partial charge in [-0.15, -0.1) is 0 Å². The highest BCUT2D eigenvalue weighted by atomic mass is 16.4. The molecule has 19 nitrogen and oxygen atoms in total. The number of hydrogen-bond donors (Lipinski definition) is 9. The molecule has 2 fully saturated rings. The number of aromatic hydroxyl groups is 1. The fourth-order valence-corrected chi connectivity index (χ4v) is 6.95. The van der Waals surface area contributed by atoms with E-state index < -0.39 is 95.5 Å². The molecule has 0 bridgehead atoms. The molecule has 3 rings (SSSR count). The zero-order chi connectivity index (χ0) is 42.4. The highest BCUT2D eigenvalue weighted by Gasteiger charge is 2.43. The smallest absolute Gasteiger partial charge is 0.326 e. The molecule has 2 aliphatic rings. The van der Waals surface area contributed by atoms with Crippen molar-refractivity contribution in [2.24, 2.45) is 23.1 Å². The number of carboxylic acids is 1. The number of benzene rings is 1. The number of nitrogens with zero attached hydrogens (tertiary/aromatic N) is 2. The minimum absolute atomic E-state index is 0.0168. The third-order valence-electron chi connectivity index (χ3n) is 10.3. The van der Waals surface area contributed by atoms with Crippen LogP contribution in [0.15, 0.2) is 24.3 Å². The van der Waals surface area contributed by atoms with Gasteiger partial charge in [-0.05, 0) is 82.0 Å². The van der Waals surface area contributed by atoms with Crippen molar-refractivity contribution in [2.45, 2.75) is 127 Å². The van der Waals surface area contributed by atoms with Crippen LogP contribution in [0.4, 0.5) is 0 Å². The van der Waals surface area contributed by atoms with E-state index in [1.54, 1.807) is 26.0 Å². The summed E-state index contributed by atoms with van der Waals surface area (Å²) in [4.78, 5) is 107. The summed E-state index contributed by atoms with van der Waals surface area (Å²) in [6.07, 6.45) is 2.55. The normalized spacial score (nSPS) is 19.2. The van der Waals surface area contributed by atoms with Crippen molar-refractivity contribution >= 4 is 47.3 Å². The first-order chi connectivity index (χ1) is 26.9. The number of nitrogens with one attached hydrogen (secondary N) is 4. The van der Waals surface area contributed by atoms with Crippen LogP contribution in [0, 0.1) is 5.92 Å². The fraction of sp³-hybridized carbons (Fsp3) is 0.632. The van der Waals surface area contributed by atoms with Gasteiger partial charge in [0.15, 0.2) is 0 Å². The van der Waals surface area contributed by atoms with E-state index in [0.29, 0.717) is 44.2 Å². The largest absolute Gasteiger partial charge is 0.508 e. The van der Waals surface area contributed by atoms with E-state index in [-0.39, 0.29) is 50.9 Å². The topological polar surface area (TPSA) is 310 Å². The van der Waals surface area contributed by atoms with Gasteiger partial charge in [0.05, 0.1) is 6.04 Å². The summed E-state index contributed by atoms with van der Waals surface area (Å²) in [5.74, 6) is -6.16. The highest BCUT2D eigenvalue weighted by molar-refractivity contribution is 5.97. The number of rotatable bonds is 21. The number of phenolic OH excluding ortho intramolecular Hbond substituents is 1. The Kier molecular flexibility index (Phi) is 17.7. The Balaban J connectivity index is 1.77. The summed E-state index contributed by atoms with van der Waals surface area (Å²) in [6.45, 7) is 5.75. The van der Waals surface area contributed by atoms with Crippen molar-refractivity contribution < 1.29 is 48.6 Å². The molecule has 2 saturated heterocycles. The summed E-state index contributed by atoms with van der Waals surface area (Å²) in [5.41, 5.74) is 17.2. The van der Waals surface area contributed by atoms with Gasteiger partial charge in [0.25, 0.3) is 0 Å². The number of phenols is 1. The summed E-state index contributed by atoms with van der Waals surface area (Å²) >= 11 is 0. The summed E-state index contributed by atoms with van der Waals surface area (Å²) in [7, 11) is 0. The van der Waals surface area contributed by atoms with Crippen molar-refractivity contribution in [1.29, 1.82) is 0 Å². The van der Waals surface area contributed by atoms with E-state index in [4.69, 9.17) is 17.2 Å². The van der Waals surface area contributed by atoms with Crippen LogP contribution in [-0.4, -0.2) is 129 Å². The van der Waals surface area contributed by atoms with Crippen LogP contribution in [0.1, 0.15) is 84.1 Å². The van der Waals surface area contributed by atoms with Crippen molar-refractivity contribution in [3.63, 3.8) is 0 Å². The zero-order valence-electron chi connectivity index (χ0n) is 32.9. The van der Waals surface area contributed by atoms with Crippen LogP contribution in [0.2, 0.25) is 0 Å². The highest BCUT2D eigenvalue weighted by Crippen LogP contribution is 2.24. The first kappa shape index (κ1) is 46.1. The molecule has 0 radical (unpaired) electrons. The Morgan fingerprint density at radius 3 is 1.86 bits per heavy atom. The second-order valence-corrected chi connectivity index (χ2v) is 15.1. The van der Waals surface area contributed by atoms with E-state index in [1.807, 2.05) is 0 Å². The van der Waals surface area contributed by atoms with E-state index in [1.165, 1.54) is 28.9 Å². The van der Waals surface area contributed by atoms with Gasteiger partial charge in [0.2, 0.25) is 41.4 Å². The molecule has 0 aliphatic carbocycles. The number of aliphatic carboxylic acids is 1. The van der Waals surface area contributed by atoms with Crippen molar-refractivity contribution in [1.82, 2.24) is 31.1 Å². The molecule has 2 aliphatic heterocycles. The quantitative estimate of drug-likeness (QED) is 0.0631. The molecule has 2 heterocycles. The molecular weight excluding hydrogens is 742 g/mol. The Hall–Kier alpha value is -5.30. The molecule has 316 valence electrons. The Labute approximate surface area is 332 Å². The average molecular weight is 802 g/mol. The van der Waals surface area contributed by atoms with Crippen LogP contribution >= 0.6 is 0 Å². The number of unbranched alkanes of at least 4 members (excludes halogenated alkanes) is 1. The monoisotopic (exact) mass is 801 g/mol. The molecular formula is C38H59N9O10. The number of carbonyl (C=O) groups excluding carboxylic acids is 7. The lowest BCUT2D eigenvalue weighted by molar-refractivity contribution is -0.146. The maximum absolute atomic E-state index is 14.2. The second-order valence-electron chi connectivity index (χ2n) is 15.1. The lowest BCUT2D eigenvalue weighted by Crippen LogP contribution is -2.60. The number of primary amides is 1. The van der Waals surface area contributed by atoms with Gasteiger partial charge >= 0.3 is 5.97 Å². The number of likely N-dealkylation sites (tertiary alicyclic amines) is 2. The van der Waals surface area contributed by atoms with Crippen molar-refractivity contribution in [3.05, 3.63) is 29.8 Å². The van der Waals surface area contributed by atoms with E-state index >= 15 is 0 Å². The van der Waals surface area contributed by atoms with E-state index in [2.05, 4.69) is 21.3 Å². The SMILES string of the molecule is CC(C)[C@H](NC(=O)[C@H](C)NC(=O)[C@@H](N)CCCCN)C(=O)N1CCC[C@H]1C(=O)N[C@@H](Cc1ccc(O)cc1)C(=O)N1CCC[C@H]1C(=O)N[C@@H](CCC(N)=O)C(=O)O. The summed E-state index contributed by atoms with van der Waals surface area (Å²) in [5, 5.41) is 30.0. The molecule has 0 unspecified atom stereocenters. The number of nitrogens with two attached hydrogens (primary N) is 3. The number of carboxylic acid groups (broad SMARTS) is 1. The molecule has 1 aromatic carbocycles. The lowest BCUT2D eigenvalue weighted by Gasteiger charge is -2.33. The lowest BCUT2D eigenvalue weighted by atomic mass is 10.0. The molecule has 19 heteroatoms. The maximum Gasteiger partial charge on any atom is 0.326 e. The van der Waals surface area contributed by atoms with Crippen LogP contribution in [0.3, 0.4) is 0 Å². The zero-order valence-corrected chi connectivity index (χ0v) is 32.9. The van der Waals surface area contributed by atoms with Gasteiger partial charge in [0, 0.05) is 25.9 Å². The molecule has 7 amide bonds. The number of hydrogen-bond acceptors (Lipinski definition) is 11. The Morgan fingerprint density at radius 2 is 1.33 bits per heavy atom. The molecule has 0 spiro atoms. The Bertz CT molecular complexity index is 1610. The van der Waals surface area contributed by atoms with Crippen LogP contribution in [0.25, 0.3) is 0 Å². The third-order valence-corrected chi connectivity index (χ3v) is 10.3. The van der Waals surface area contributed by atoms with Crippen LogP contribution in [-0.2, 0) is 44.8 Å². The summed E-state index contributed by atoms with van der Waals surface area (Å²) in [6, 6.07) is -1.63. The average Bonchev–Trinajstić information content (AvgIpc) is 3.86. The van der Waals surface area contributed by atoms with E-state index in [9.17, 15) is 48.6 Å². The Morgan fingerprint density at radius 1 is 0.772 bits per heavy atom. The fourth-order valence-electron chi connectivity index (χ4n) is 6.95. The predicted molar refractivity (Wildman–Crippen MR) is 206 cm³/mol. The standard InChI is InChI=1S/C38H59N9O10/c1-21(2)31(45-32(50)22(3)42-33(51)25(40)8-4-5-17-39)37(55)47-19-7-10-29(47)35(53)44-27(20-23-11-13-24(48)14-12-23)36(54)46-18-6-9-28(46)34(52)43-26(38(56)57)15-16-30(41)49/h11-14,21-22,25-29,31,48H,4-10,15-20,39-40H2,1-3H3,(H2,41,49)(H,42,51)(H,43,52)(H,44,53)(H,45,50)(H,56,57)/t22-,25-,26-,27-,28-,29-,31-/m0/s1. The van der Waals surface area contributed by atoms with Crippen LogP contribution < -0.4 is 38.5 Å². The molecule has 12 N–H and O–H groups in total. The first-order valence-electron chi connectivity index (χ1n) is 19.5. The second kappa shape index (κ2) is 21.9. The van der Waals surface area contributed by atoms with Crippen molar-refractivity contribution in [2.75, 3.05) is 19.6 Å². The van der Waals surface area contributed by atoms with E-state index in [0.717, 1.165) is 0 Å². The number of amides is 7. The third kappa shape index (κ3) is 13.4. The predicted octanol–water partition coefficient (Wildman–Crippen LogP) is -1.66. The first-order valence-corrected chi connectivity index (χ1v) is 19.5.